The van der Waals surface area contributed by atoms with Crippen molar-refractivity contribution in [1.29, 1.82) is 0 Å². The van der Waals surface area contributed by atoms with Crippen LogP contribution in [0.15, 0.2) is 60.7 Å². The lowest BCUT2D eigenvalue weighted by Crippen LogP contribution is -1.98. The van der Waals surface area contributed by atoms with E-state index in [-0.39, 0.29) is 22.5 Å². The molecule has 6 nitrogen and oxygen atoms in total. The van der Waals surface area contributed by atoms with E-state index in [9.17, 15) is 20.2 Å². The van der Waals surface area contributed by atoms with Gasteiger partial charge in [0.2, 0.25) is 0 Å². The molecule has 3 aromatic rings. The molecule has 0 bridgehead atoms. The van der Waals surface area contributed by atoms with Crippen molar-refractivity contribution >= 4 is 58.9 Å². The highest BCUT2D eigenvalue weighted by molar-refractivity contribution is 6.30. The number of halogens is 2. The van der Waals surface area contributed by atoms with Gasteiger partial charge in [-0.3, -0.25) is 20.2 Å². The number of hydrogen-bond acceptors (Lipinski definition) is 4. The summed E-state index contributed by atoms with van der Waals surface area (Å²) in [5.41, 5.74) is 1.36. The first kappa shape index (κ1) is 21.2. The lowest BCUT2D eigenvalue weighted by Gasteiger charge is -2.03. The summed E-state index contributed by atoms with van der Waals surface area (Å²) in [6.45, 7) is 0. The van der Waals surface area contributed by atoms with Gasteiger partial charge in [-0.25, -0.2) is 0 Å². The zero-order valence-corrected chi connectivity index (χ0v) is 16.9. The fraction of sp³-hybridized carbons (Fsp3) is 0. The van der Waals surface area contributed by atoms with Gasteiger partial charge < -0.3 is 0 Å². The summed E-state index contributed by atoms with van der Waals surface area (Å²) in [5.74, 6) is 0. The monoisotopic (exact) mass is 440 g/mol. The van der Waals surface area contributed by atoms with Gasteiger partial charge in [-0.2, -0.15) is 0 Å². The summed E-state index contributed by atoms with van der Waals surface area (Å²) >= 11 is 11.7. The summed E-state index contributed by atoms with van der Waals surface area (Å²) < 4.78 is 0. The van der Waals surface area contributed by atoms with Gasteiger partial charge in [0.15, 0.2) is 0 Å². The first-order valence-electron chi connectivity index (χ1n) is 8.67. The van der Waals surface area contributed by atoms with Gasteiger partial charge in [0.1, 0.15) is 0 Å². The minimum atomic E-state index is -0.638. The Morgan fingerprint density at radius 1 is 0.600 bits per heavy atom. The molecule has 0 heterocycles. The van der Waals surface area contributed by atoms with E-state index in [1.165, 1.54) is 6.07 Å². The Hall–Kier alpha value is -3.48. The summed E-state index contributed by atoms with van der Waals surface area (Å²) in [6.07, 6.45) is 6.45. The summed E-state index contributed by atoms with van der Waals surface area (Å²) in [4.78, 5) is 21.7. The van der Waals surface area contributed by atoms with Crippen LogP contribution in [-0.2, 0) is 0 Å². The number of rotatable bonds is 6. The first-order chi connectivity index (χ1) is 14.3. The van der Waals surface area contributed by atoms with Crippen LogP contribution >= 0.6 is 23.2 Å². The molecule has 8 heteroatoms. The summed E-state index contributed by atoms with van der Waals surface area (Å²) in [5, 5.41) is 24.1. The highest BCUT2D eigenvalue weighted by atomic mass is 35.5. The predicted molar refractivity (Wildman–Crippen MR) is 121 cm³/mol. The standard InChI is InChI=1S/C22H14Cl2N2O4/c23-19-9-3-15(4-10-19)1-7-17-13-18(8-2-16-5-11-20(24)12-6-16)22(26(29)30)14-21(17)25(27)28/h1-14H/b7-1+,8-2+. The second-order valence-electron chi connectivity index (χ2n) is 6.25. The van der Waals surface area contributed by atoms with Crippen molar-refractivity contribution in [3.05, 3.63) is 113 Å². The fourth-order valence-corrected chi connectivity index (χ4v) is 2.97. The Morgan fingerprint density at radius 3 is 1.30 bits per heavy atom. The van der Waals surface area contributed by atoms with Crippen molar-refractivity contribution in [3.8, 4) is 0 Å². The molecule has 0 radical (unpaired) electrons. The maximum atomic E-state index is 11.5. The van der Waals surface area contributed by atoms with Crippen LogP contribution in [-0.4, -0.2) is 9.85 Å². The van der Waals surface area contributed by atoms with Crippen LogP contribution in [0.2, 0.25) is 10.0 Å². The molecule has 0 amide bonds. The lowest BCUT2D eigenvalue weighted by atomic mass is 10.0. The first-order valence-corrected chi connectivity index (χ1v) is 9.43. The van der Waals surface area contributed by atoms with Crippen LogP contribution in [0.1, 0.15) is 22.3 Å². The van der Waals surface area contributed by atoms with Crippen molar-refractivity contribution in [2.75, 3.05) is 0 Å². The average Bonchev–Trinajstić information content (AvgIpc) is 2.72. The molecule has 0 saturated carbocycles. The summed E-state index contributed by atoms with van der Waals surface area (Å²) in [6, 6.07) is 16.2. The largest absolute Gasteiger partial charge is 0.283 e. The topological polar surface area (TPSA) is 86.3 Å². The van der Waals surface area contributed by atoms with E-state index >= 15 is 0 Å². The maximum Gasteiger partial charge on any atom is 0.283 e. The van der Waals surface area contributed by atoms with Gasteiger partial charge in [0, 0.05) is 10.0 Å². The van der Waals surface area contributed by atoms with Crippen LogP contribution in [0.4, 0.5) is 11.4 Å². The second-order valence-corrected chi connectivity index (χ2v) is 7.13. The zero-order chi connectivity index (χ0) is 21.7. The van der Waals surface area contributed by atoms with E-state index in [1.807, 2.05) is 0 Å². The molecule has 0 unspecified atom stereocenters. The smallest absolute Gasteiger partial charge is 0.258 e. The van der Waals surface area contributed by atoms with Crippen LogP contribution in [0.3, 0.4) is 0 Å². The fourth-order valence-electron chi connectivity index (χ4n) is 2.71. The summed E-state index contributed by atoms with van der Waals surface area (Å²) in [7, 11) is 0. The van der Waals surface area contributed by atoms with E-state index in [0.717, 1.165) is 17.2 Å². The molecule has 0 aromatic heterocycles. The van der Waals surface area contributed by atoms with Crippen LogP contribution in [0.5, 0.6) is 0 Å². The minimum absolute atomic E-state index is 0.247. The molecule has 0 saturated heterocycles. The third kappa shape index (κ3) is 5.31. The molecule has 0 aliphatic heterocycles. The van der Waals surface area contributed by atoms with Crippen LogP contribution in [0, 0.1) is 20.2 Å². The van der Waals surface area contributed by atoms with E-state index in [0.29, 0.717) is 10.0 Å². The maximum absolute atomic E-state index is 11.5. The quantitative estimate of drug-likeness (QED) is 0.231. The van der Waals surface area contributed by atoms with E-state index in [4.69, 9.17) is 23.2 Å². The van der Waals surface area contributed by atoms with Gasteiger partial charge in [-0.15, -0.1) is 0 Å². The van der Waals surface area contributed by atoms with Gasteiger partial charge in [-0.05, 0) is 53.6 Å². The van der Waals surface area contributed by atoms with Crippen molar-refractivity contribution < 1.29 is 9.85 Å². The van der Waals surface area contributed by atoms with Gasteiger partial charge in [-0.1, -0.05) is 59.6 Å². The molecular weight excluding hydrogens is 427 g/mol. The Kier molecular flexibility index (Phi) is 6.61. The second kappa shape index (κ2) is 9.35. The van der Waals surface area contributed by atoms with Gasteiger partial charge >= 0.3 is 0 Å². The Labute approximate surface area is 182 Å². The van der Waals surface area contributed by atoms with Crippen molar-refractivity contribution in [3.63, 3.8) is 0 Å². The van der Waals surface area contributed by atoms with Gasteiger partial charge in [0.05, 0.1) is 27.0 Å². The third-order valence-electron chi connectivity index (χ3n) is 4.22. The molecule has 0 atom stereocenters. The van der Waals surface area contributed by atoms with Gasteiger partial charge in [0.25, 0.3) is 11.4 Å². The molecule has 0 N–H and O–H groups in total. The molecule has 0 spiro atoms. The SMILES string of the molecule is O=[N+]([O-])c1cc([N+](=O)[O-])c(/C=C/c2ccc(Cl)cc2)cc1/C=C/c1ccc(Cl)cc1. The molecule has 3 rings (SSSR count). The average molecular weight is 441 g/mol. The molecule has 0 aliphatic rings. The number of hydrogen-bond donors (Lipinski definition) is 0. The van der Waals surface area contributed by atoms with E-state index in [1.54, 1.807) is 72.8 Å². The minimum Gasteiger partial charge on any atom is -0.258 e. The highest BCUT2D eigenvalue weighted by Crippen LogP contribution is 2.32. The predicted octanol–water partition coefficient (Wildman–Crippen LogP) is 7.15. The van der Waals surface area contributed by atoms with E-state index in [2.05, 4.69) is 0 Å². The molecule has 0 fully saturated rings. The molecular formula is C22H14Cl2N2O4. The number of nitro benzene ring substituents is 2. The van der Waals surface area contributed by atoms with Crippen LogP contribution < -0.4 is 0 Å². The zero-order valence-electron chi connectivity index (χ0n) is 15.4. The van der Waals surface area contributed by atoms with Crippen molar-refractivity contribution in [1.82, 2.24) is 0 Å². The Balaban J connectivity index is 2.05. The molecule has 3 aromatic carbocycles. The molecule has 30 heavy (non-hydrogen) atoms. The highest BCUT2D eigenvalue weighted by Gasteiger charge is 2.22. The lowest BCUT2D eigenvalue weighted by molar-refractivity contribution is -0.394. The normalized spacial score (nSPS) is 11.3. The number of benzene rings is 3. The van der Waals surface area contributed by atoms with Crippen molar-refractivity contribution in [2.45, 2.75) is 0 Å². The molecule has 150 valence electrons. The Bertz CT molecular complexity index is 1070. The number of nitrogens with zero attached hydrogens (tertiary/aromatic N) is 2. The van der Waals surface area contributed by atoms with E-state index < -0.39 is 9.85 Å². The molecule has 0 aliphatic carbocycles. The van der Waals surface area contributed by atoms with Crippen molar-refractivity contribution in [2.24, 2.45) is 0 Å². The Morgan fingerprint density at radius 2 is 0.967 bits per heavy atom. The number of nitro groups is 2. The third-order valence-corrected chi connectivity index (χ3v) is 4.72. The van der Waals surface area contributed by atoms with Crippen LogP contribution in [0.25, 0.3) is 24.3 Å².